The lowest BCUT2D eigenvalue weighted by atomic mass is 10.0. The van der Waals surface area contributed by atoms with E-state index in [2.05, 4.69) is 27.3 Å². The standard InChI is InChI=1S/C18H25N3O/c22-18(19-16-7-3-1-4-8-16)15-20-11-13-21(14-12-20)17-9-5-2-6-10-17/h1,3-5,7-9,17H,2,6,10-15H2,(H,19,22)/t17-/m0/s1. The van der Waals surface area contributed by atoms with Crippen LogP contribution in [0, 0.1) is 0 Å². The lowest BCUT2D eigenvalue weighted by molar-refractivity contribution is -0.117. The first-order chi connectivity index (χ1) is 10.8. The van der Waals surface area contributed by atoms with Crippen LogP contribution in [0.1, 0.15) is 19.3 Å². The Morgan fingerprint density at radius 3 is 2.59 bits per heavy atom. The number of carbonyl (C=O) groups excluding carboxylic acids is 1. The normalized spacial score (nSPS) is 23.4. The monoisotopic (exact) mass is 299 g/mol. The van der Waals surface area contributed by atoms with Gasteiger partial charge in [-0.2, -0.15) is 0 Å². The summed E-state index contributed by atoms with van der Waals surface area (Å²) in [6.07, 6.45) is 8.50. The van der Waals surface area contributed by atoms with Crippen LogP contribution >= 0.6 is 0 Å². The fourth-order valence-corrected chi connectivity index (χ4v) is 3.28. The number of allylic oxidation sites excluding steroid dienone is 1. The van der Waals surface area contributed by atoms with Crippen LogP contribution in [0.2, 0.25) is 0 Å². The smallest absolute Gasteiger partial charge is 0.238 e. The van der Waals surface area contributed by atoms with Crippen LogP contribution in [0.5, 0.6) is 0 Å². The van der Waals surface area contributed by atoms with Crippen LogP contribution in [0.4, 0.5) is 5.69 Å². The molecule has 0 unspecified atom stereocenters. The highest BCUT2D eigenvalue weighted by atomic mass is 16.2. The molecule has 118 valence electrons. The van der Waals surface area contributed by atoms with E-state index in [0.29, 0.717) is 12.6 Å². The van der Waals surface area contributed by atoms with Crippen LogP contribution in [-0.2, 0) is 4.79 Å². The van der Waals surface area contributed by atoms with Crippen LogP contribution in [-0.4, -0.2) is 54.5 Å². The molecule has 1 aliphatic carbocycles. The van der Waals surface area contributed by atoms with Crippen molar-refractivity contribution in [3.63, 3.8) is 0 Å². The van der Waals surface area contributed by atoms with E-state index in [1.54, 1.807) is 0 Å². The van der Waals surface area contributed by atoms with Crippen LogP contribution in [0.15, 0.2) is 42.5 Å². The number of para-hydroxylation sites is 1. The van der Waals surface area contributed by atoms with E-state index in [-0.39, 0.29) is 5.91 Å². The zero-order valence-electron chi connectivity index (χ0n) is 13.1. The average molecular weight is 299 g/mol. The molecule has 2 aliphatic rings. The van der Waals surface area contributed by atoms with Gasteiger partial charge in [0.05, 0.1) is 6.54 Å². The average Bonchev–Trinajstić information content (AvgIpc) is 2.57. The van der Waals surface area contributed by atoms with Crippen molar-refractivity contribution in [3.05, 3.63) is 42.5 Å². The fourth-order valence-electron chi connectivity index (χ4n) is 3.28. The van der Waals surface area contributed by atoms with Crippen molar-refractivity contribution in [2.75, 3.05) is 38.0 Å². The SMILES string of the molecule is O=C(CN1CCN([C@H]2C=CCCC2)CC1)Nc1ccccc1. The third kappa shape index (κ3) is 4.18. The minimum absolute atomic E-state index is 0.0808. The quantitative estimate of drug-likeness (QED) is 0.867. The molecule has 4 heteroatoms. The highest BCUT2D eigenvalue weighted by Gasteiger charge is 2.23. The number of piperazine rings is 1. The Morgan fingerprint density at radius 2 is 1.91 bits per heavy atom. The molecule has 1 atom stereocenters. The Bertz CT molecular complexity index is 506. The molecule has 0 bridgehead atoms. The lowest BCUT2D eigenvalue weighted by Gasteiger charge is -2.38. The van der Waals surface area contributed by atoms with E-state index < -0.39 is 0 Å². The number of carbonyl (C=O) groups is 1. The summed E-state index contributed by atoms with van der Waals surface area (Å²) in [6, 6.07) is 10.3. The second kappa shape index (κ2) is 7.56. The maximum atomic E-state index is 12.1. The van der Waals surface area contributed by atoms with E-state index in [0.717, 1.165) is 31.9 Å². The fraction of sp³-hybridized carbons (Fsp3) is 0.500. The molecule has 1 N–H and O–H groups in total. The van der Waals surface area contributed by atoms with Crippen molar-refractivity contribution in [1.29, 1.82) is 0 Å². The van der Waals surface area contributed by atoms with E-state index in [4.69, 9.17) is 0 Å². The summed E-state index contributed by atoms with van der Waals surface area (Å²) in [5.74, 6) is 0.0808. The number of hydrogen-bond acceptors (Lipinski definition) is 3. The van der Waals surface area contributed by atoms with Gasteiger partial charge in [0.25, 0.3) is 0 Å². The minimum atomic E-state index is 0.0808. The summed E-state index contributed by atoms with van der Waals surface area (Å²) >= 11 is 0. The van der Waals surface area contributed by atoms with E-state index in [9.17, 15) is 4.79 Å². The maximum absolute atomic E-state index is 12.1. The molecule has 1 aliphatic heterocycles. The predicted molar refractivity (Wildman–Crippen MR) is 89.9 cm³/mol. The molecule has 1 amide bonds. The predicted octanol–water partition coefficient (Wildman–Crippen LogP) is 2.35. The Hall–Kier alpha value is -1.65. The summed E-state index contributed by atoms with van der Waals surface area (Å²) in [7, 11) is 0. The van der Waals surface area contributed by atoms with Crippen molar-refractivity contribution in [2.24, 2.45) is 0 Å². The van der Waals surface area contributed by atoms with E-state index in [1.807, 2.05) is 30.3 Å². The molecule has 1 aromatic rings. The highest BCUT2D eigenvalue weighted by Crippen LogP contribution is 2.18. The summed E-state index contributed by atoms with van der Waals surface area (Å²) in [5.41, 5.74) is 0.874. The number of nitrogens with zero attached hydrogens (tertiary/aromatic N) is 2. The van der Waals surface area contributed by atoms with Crippen molar-refractivity contribution >= 4 is 11.6 Å². The number of rotatable bonds is 4. The Morgan fingerprint density at radius 1 is 1.14 bits per heavy atom. The van der Waals surface area contributed by atoms with Crippen LogP contribution in [0.3, 0.4) is 0 Å². The van der Waals surface area contributed by atoms with Gasteiger partial charge in [0.1, 0.15) is 0 Å². The molecule has 1 saturated heterocycles. The van der Waals surface area contributed by atoms with Crippen molar-refractivity contribution in [3.8, 4) is 0 Å². The van der Waals surface area contributed by atoms with Gasteiger partial charge < -0.3 is 5.32 Å². The van der Waals surface area contributed by atoms with Gasteiger partial charge in [0.15, 0.2) is 0 Å². The first-order valence-corrected chi connectivity index (χ1v) is 8.29. The van der Waals surface area contributed by atoms with Crippen molar-refractivity contribution < 1.29 is 4.79 Å². The highest BCUT2D eigenvalue weighted by molar-refractivity contribution is 5.92. The Labute approximate surface area is 132 Å². The zero-order chi connectivity index (χ0) is 15.2. The van der Waals surface area contributed by atoms with Gasteiger partial charge in [-0.25, -0.2) is 0 Å². The molecule has 0 aromatic heterocycles. The van der Waals surface area contributed by atoms with Crippen LogP contribution < -0.4 is 5.32 Å². The number of nitrogens with one attached hydrogen (secondary N) is 1. The molecule has 1 heterocycles. The topological polar surface area (TPSA) is 35.6 Å². The largest absolute Gasteiger partial charge is 0.325 e. The van der Waals surface area contributed by atoms with E-state index >= 15 is 0 Å². The van der Waals surface area contributed by atoms with E-state index in [1.165, 1.54) is 19.3 Å². The number of amides is 1. The minimum Gasteiger partial charge on any atom is -0.325 e. The molecule has 1 aromatic carbocycles. The zero-order valence-corrected chi connectivity index (χ0v) is 13.1. The molecule has 1 fully saturated rings. The number of anilines is 1. The summed E-state index contributed by atoms with van der Waals surface area (Å²) < 4.78 is 0. The first-order valence-electron chi connectivity index (χ1n) is 8.29. The molecule has 4 nitrogen and oxygen atoms in total. The summed E-state index contributed by atoms with van der Waals surface area (Å²) in [5, 5.41) is 2.96. The number of benzene rings is 1. The third-order valence-electron chi connectivity index (χ3n) is 4.53. The second-order valence-electron chi connectivity index (χ2n) is 6.15. The third-order valence-corrected chi connectivity index (χ3v) is 4.53. The Balaban J connectivity index is 1.42. The molecular formula is C18H25N3O. The summed E-state index contributed by atoms with van der Waals surface area (Å²) in [6.45, 7) is 4.57. The van der Waals surface area contributed by atoms with Gasteiger partial charge in [-0.15, -0.1) is 0 Å². The lowest BCUT2D eigenvalue weighted by Crippen LogP contribution is -2.51. The molecular weight excluding hydrogens is 274 g/mol. The van der Waals surface area contributed by atoms with Gasteiger partial charge >= 0.3 is 0 Å². The number of hydrogen-bond donors (Lipinski definition) is 1. The van der Waals surface area contributed by atoms with Gasteiger partial charge in [-0.05, 0) is 31.4 Å². The molecule has 3 rings (SSSR count). The molecule has 0 saturated carbocycles. The molecule has 22 heavy (non-hydrogen) atoms. The summed E-state index contributed by atoms with van der Waals surface area (Å²) in [4.78, 5) is 16.9. The second-order valence-corrected chi connectivity index (χ2v) is 6.15. The van der Waals surface area contributed by atoms with Gasteiger partial charge in [0, 0.05) is 37.9 Å². The molecule has 0 radical (unpaired) electrons. The van der Waals surface area contributed by atoms with Gasteiger partial charge in [-0.3, -0.25) is 14.6 Å². The molecule has 0 spiro atoms. The van der Waals surface area contributed by atoms with Gasteiger partial charge in [0.2, 0.25) is 5.91 Å². The maximum Gasteiger partial charge on any atom is 0.238 e. The van der Waals surface area contributed by atoms with Crippen molar-refractivity contribution in [2.45, 2.75) is 25.3 Å². The van der Waals surface area contributed by atoms with Crippen LogP contribution in [0.25, 0.3) is 0 Å². The Kier molecular flexibility index (Phi) is 5.24. The van der Waals surface area contributed by atoms with Gasteiger partial charge in [-0.1, -0.05) is 30.4 Å². The van der Waals surface area contributed by atoms with Crippen molar-refractivity contribution in [1.82, 2.24) is 9.80 Å². The first kappa shape index (κ1) is 15.3.